The van der Waals surface area contributed by atoms with Crippen LogP contribution in [0.25, 0.3) is 6.08 Å². The Hall–Kier alpha value is -3.21. The molecule has 0 bridgehead atoms. The predicted octanol–water partition coefficient (Wildman–Crippen LogP) is 4.46. The summed E-state index contributed by atoms with van der Waals surface area (Å²) >= 11 is 10.9. The number of carbonyl (C=O) groups is 2. The predicted molar refractivity (Wildman–Crippen MR) is 153 cm³/mol. The molecule has 1 atom stereocenters. The van der Waals surface area contributed by atoms with E-state index in [1.165, 1.54) is 15.9 Å². The van der Waals surface area contributed by atoms with Crippen molar-refractivity contribution in [2.24, 2.45) is 4.99 Å². The monoisotopic (exact) mass is 632 g/mol. The lowest BCUT2D eigenvalue weighted by Crippen LogP contribution is -2.39. The van der Waals surface area contributed by atoms with Gasteiger partial charge in [-0.3, -0.25) is 9.36 Å². The van der Waals surface area contributed by atoms with Crippen LogP contribution in [0.1, 0.15) is 43.5 Å². The number of allylic oxidation sites excluding steroid dienone is 1. The van der Waals surface area contributed by atoms with Crippen LogP contribution >= 0.6 is 38.9 Å². The molecule has 0 fully saturated rings. The Morgan fingerprint density at radius 1 is 1.13 bits per heavy atom. The van der Waals surface area contributed by atoms with E-state index in [0.29, 0.717) is 41.4 Å². The minimum absolute atomic E-state index is 0.193. The first kappa shape index (κ1) is 28.8. The van der Waals surface area contributed by atoms with Gasteiger partial charge in [0.05, 0.1) is 39.5 Å². The van der Waals surface area contributed by atoms with E-state index in [4.69, 9.17) is 25.8 Å². The van der Waals surface area contributed by atoms with Crippen LogP contribution in [0, 0.1) is 6.92 Å². The van der Waals surface area contributed by atoms with Gasteiger partial charge in [0.15, 0.2) is 11.4 Å². The van der Waals surface area contributed by atoms with Gasteiger partial charge in [0.1, 0.15) is 5.75 Å². The number of esters is 2. The second-order valence-electron chi connectivity index (χ2n) is 8.61. The first-order valence-corrected chi connectivity index (χ1v) is 14.2. The number of nitrogens with zero attached hydrogens (tertiary/aromatic N) is 2. The van der Waals surface area contributed by atoms with Crippen molar-refractivity contribution < 1.29 is 23.8 Å². The maximum atomic E-state index is 13.9. The number of rotatable bonds is 8. The molecule has 3 aromatic rings. The third-order valence-corrected chi connectivity index (χ3v) is 7.66. The van der Waals surface area contributed by atoms with Crippen molar-refractivity contribution in [3.8, 4) is 5.75 Å². The Kier molecular flexibility index (Phi) is 9.09. The number of fused-ring (bicyclic) bond motifs is 1. The maximum Gasteiger partial charge on any atom is 0.344 e. The summed E-state index contributed by atoms with van der Waals surface area (Å²) in [6, 6.07) is 10.2. The fourth-order valence-corrected chi connectivity index (χ4v) is 6.16. The number of thiazole rings is 1. The Balaban J connectivity index is 1.89. The molecule has 1 aromatic heterocycles. The van der Waals surface area contributed by atoms with Crippen LogP contribution in [0.3, 0.4) is 0 Å². The molecule has 0 radical (unpaired) electrons. The molecule has 0 unspecified atom stereocenters. The van der Waals surface area contributed by atoms with Gasteiger partial charge >= 0.3 is 11.9 Å². The summed E-state index contributed by atoms with van der Waals surface area (Å²) in [7, 11) is 0. The van der Waals surface area contributed by atoms with Crippen molar-refractivity contribution in [3.63, 3.8) is 0 Å². The molecule has 8 nitrogen and oxygen atoms in total. The summed E-state index contributed by atoms with van der Waals surface area (Å²) in [4.78, 5) is 43.9. The van der Waals surface area contributed by atoms with E-state index in [1.54, 1.807) is 39.0 Å². The Morgan fingerprint density at radius 3 is 2.49 bits per heavy atom. The molecule has 0 amide bonds. The number of benzene rings is 2. The molecule has 0 saturated carbocycles. The molecule has 4 rings (SSSR count). The largest absolute Gasteiger partial charge is 0.480 e. The summed E-state index contributed by atoms with van der Waals surface area (Å²) < 4.78 is 18.4. The van der Waals surface area contributed by atoms with E-state index in [1.807, 2.05) is 31.2 Å². The van der Waals surface area contributed by atoms with Crippen molar-refractivity contribution in [2.45, 2.75) is 33.7 Å². The highest BCUT2D eigenvalue weighted by Gasteiger charge is 2.33. The Morgan fingerprint density at radius 2 is 1.82 bits per heavy atom. The van der Waals surface area contributed by atoms with Gasteiger partial charge in [0.2, 0.25) is 0 Å². The lowest BCUT2D eigenvalue weighted by molar-refractivity contribution is -0.145. The standard InChI is InChI=1S/C28H26BrClN2O6S/c1-5-36-22(33)14-38-25-18(11-19(30)13-20(25)29)12-21-26(34)32-24(17-9-7-15(3)8-10-17)23(27(35)37-6-2)16(4)31-28(32)39-21/h7-13,24H,5-6,14H2,1-4H3/b21-12-/t24-/m0/s1. The van der Waals surface area contributed by atoms with Crippen LogP contribution in [0.4, 0.5) is 0 Å². The maximum absolute atomic E-state index is 13.9. The van der Waals surface area contributed by atoms with Crippen molar-refractivity contribution in [1.82, 2.24) is 4.57 Å². The second-order valence-corrected chi connectivity index (χ2v) is 10.9. The fraction of sp³-hybridized carbons (Fsp3) is 0.286. The zero-order chi connectivity index (χ0) is 28.3. The summed E-state index contributed by atoms with van der Waals surface area (Å²) in [5.41, 5.74) is 2.74. The molecule has 0 spiro atoms. The van der Waals surface area contributed by atoms with Gasteiger partial charge < -0.3 is 14.2 Å². The highest BCUT2D eigenvalue weighted by molar-refractivity contribution is 9.10. The molecule has 39 heavy (non-hydrogen) atoms. The van der Waals surface area contributed by atoms with Gasteiger partial charge in [-0.2, -0.15) is 0 Å². The lowest BCUT2D eigenvalue weighted by atomic mass is 9.95. The molecule has 0 saturated heterocycles. The van der Waals surface area contributed by atoms with Crippen LogP contribution < -0.4 is 19.6 Å². The summed E-state index contributed by atoms with van der Waals surface area (Å²) in [5.74, 6) is -0.714. The van der Waals surface area contributed by atoms with Crippen molar-refractivity contribution in [3.05, 3.63) is 93.5 Å². The number of halogens is 2. The van der Waals surface area contributed by atoms with Crippen LogP contribution in [0.5, 0.6) is 5.75 Å². The van der Waals surface area contributed by atoms with E-state index in [-0.39, 0.29) is 25.4 Å². The van der Waals surface area contributed by atoms with E-state index in [9.17, 15) is 14.4 Å². The summed E-state index contributed by atoms with van der Waals surface area (Å²) in [5, 5.41) is 0.405. The van der Waals surface area contributed by atoms with E-state index < -0.39 is 18.0 Å². The number of carbonyl (C=O) groups excluding carboxylic acids is 2. The number of hydrogen-bond donors (Lipinski definition) is 0. The molecular formula is C28H26BrClN2O6S. The molecule has 11 heteroatoms. The van der Waals surface area contributed by atoms with E-state index in [0.717, 1.165) is 11.1 Å². The molecular weight excluding hydrogens is 608 g/mol. The Bertz CT molecular complexity index is 1640. The van der Waals surface area contributed by atoms with E-state index in [2.05, 4.69) is 20.9 Å². The Labute approximate surface area is 242 Å². The van der Waals surface area contributed by atoms with Crippen LogP contribution in [-0.2, 0) is 19.1 Å². The third kappa shape index (κ3) is 6.18. The quantitative estimate of drug-likeness (QED) is 0.340. The first-order valence-electron chi connectivity index (χ1n) is 12.2. The molecule has 204 valence electrons. The van der Waals surface area contributed by atoms with Crippen LogP contribution in [0.15, 0.2) is 61.9 Å². The molecule has 2 heterocycles. The highest BCUT2D eigenvalue weighted by atomic mass is 79.9. The minimum atomic E-state index is -0.714. The zero-order valence-corrected chi connectivity index (χ0v) is 24.9. The molecule has 1 aliphatic rings. The third-order valence-electron chi connectivity index (χ3n) is 5.87. The summed E-state index contributed by atoms with van der Waals surface area (Å²) in [6.45, 7) is 7.25. The lowest BCUT2D eigenvalue weighted by Gasteiger charge is -2.24. The first-order chi connectivity index (χ1) is 18.6. The molecule has 2 aromatic carbocycles. The SMILES string of the molecule is CCOC(=O)COc1c(Br)cc(Cl)cc1/C=c1\sc2n(c1=O)[C@@H](c1ccc(C)cc1)C(C(=O)OCC)=C(C)N=2. The normalized spacial score (nSPS) is 15.0. The fourth-order valence-electron chi connectivity index (χ4n) is 4.17. The number of aryl methyl sites for hydroxylation is 1. The highest BCUT2D eigenvalue weighted by Crippen LogP contribution is 2.34. The number of ether oxygens (including phenoxy) is 3. The molecule has 1 aliphatic heterocycles. The molecule has 0 aliphatic carbocycles. The second kappa shape index (κ2) is 12.3. The average Bonchev–Trinajstić information content (AvgIpc) is 3.17. The average molecular weight is 634 g/mol. The van der Waals surface area contributed by atoms with Gasteiger partial charge in [-0.25, -0.2) is 14.6 Å². The van der Waals surface area contributed by atoms with Crippen molar-refractivity contribution >= 4 is 56.9 Å². The van der Waals surface area contributed by atoms with Crippen molar-refractivity contribution in [1.29, 1.82) is 0 Å². The zero-order valence-electron chi connectivity index (χ0n) is 21.7. The molecule has 0 N–H and O–H groups in total. The van der Waals surface area contributed by atoms with Gasteiger partial charge in [0, 0.05) is 10.6 Å². The van der Waals surface area contributed by atoms with Crippen LogP contribution in [0.2, 0.25) is 5.02 Å². The van der Waals surface area contributed by atoms with Gasteiger partial charge in [-0.1, -0.05) is 52.8 Å². The van der Waals surface area contributed by atoms with Gasteiger partial charge in [0.25, 0.3) is 5.56 Å². The van der Waals surface area contributed by atoms with Gasteiger partial charge in [-0.05, 0) is 67.4 Å². The number of aromatic nitrogens is 1. The van der Waals surface area contributed by atoms with Crippen molar-refractivity contribution in [2.75, 3.05) is 19.8 Å². The minimum Gasteiger partial charge on any atom is -0.480 e. The van der Waals surface area contributed by atoms with E-state index >= 15 is 0 Å². The van der Waals surface area contributed by atoms with Crippen LogP contribution in [-0.4, -0.2) is 36.3 Å². The smallest absolute Gasteiger partial charge is 0.344 e. The van der Waals surface area contributed by atoms with Gasteiger partial charge in [-0.15, -0.1) is 0 Å². The summed E-state index contributed by atoms with van der Waals surface area (Å²) in [6.07, 6.45) is 1.64. The topological polar surface area (TPSA) is 96.2 Å². The number of hydrogen-bond acceptors (Lipinski definition) is 8.